The molecule has 0 unspecified atom stereocenters. The van der Waals surface area contributed by atoms with Gasteiger partial charge >= 0.3 is 5.97 Å². The minimum absolute atomic E-state index is 0.188. The van der Waals surface area contributed by atoms with Crippen molar-refractivity contribution in [1.82, 2.24) is 10.2 Å². The molecule has 1 heterocycles. The fourth-order valence-corrected chi connectivity index (χ4v) is 3.53. The second kappa shape index (κ2) is 10.2. The lowest BCUT2D eigenvalue weighted by Gasteiger charge is -2.35. The first kappa shape index (κ1) is 21.7. The van der Waals surface area contributed by atoms with Gasteiger partial charge in [0.2, 0.25) is 5.91 Å². The van der Waals surface area contributed by atoms with Crippen molar-refractivity contribution in [3.63, 3.8) is 0 Å². The summed E-state index contributed by atoms with van der Waals surface area (Å²) >= 11 is 5.36. The molecule has 0 aromatic heterocycles. The zero-order chi connectivity index (χ0) is 21.5. The second-order valence-corrected chi connectivity index (χ2v) is 7.59. The number of piperazine rings is 1. The van der Waals surface area contributed by atoms with Crippen LogP contribution in [0, 0.1) is 0 Å². The van der Waals surface area contributed by atoms with Crippen molar-refractivity contribution in [2.24, 2.45) is 0 Å². The van der Waals surface area contributed by atoms with E-state index in [0.29, 0.717) is 11.3 Å². The van der Waals surface area contributed by atoms with Gasteiger partial charge in [0.1, 0.15) is 0 Å². The molecule has 1 aliphatic heterocycles. The number of anilines is 2. The molecule has 0 atom stereocenters. The number of carbonyl (C=O) groups excluding carboxylic acids is 2. The number of nitrogens with one attached hydrogen (secondary N) is 2. The first-order valence-corrected chi connectivity index (χ1v) is 10.2. The topological polar surface area (TPSA) is 73.9 Å². The smallest absolute Gasteiger partial charge is 0.337 e. The van der Waals surface area contributed by atoms with Gasteiger partial charge in [-0.25, -0.2) is 4.79 Å². The summed E-state index contributed by atoms with van der Waals surface area (Å²) in [5.74, 6) is -0.633. The number of carbonyl (C=O) groups is 2. The third-order valence-electron chi connectivity index (χ3n) is 4.97. The summed E-state index contributed by atoms with van der Waals surface area (Å²) in [5, 5.41) is 6.00. The first-order valence-electron chi connectivity index (χ1n) is 9.77. The monoisotopic (exact) mass is 426 g/mol. The fourth-order valence-electron chi connectivity index (χ4n) is 3.31. The van der Waals surface area contributed by atoms with Crippen LogP contribution < -0.4 is 15.5 Å². The van der Waals surface area contributed by atoms with Gasteiger partial charge < -0.3 is 25.2 Å². The number of hydrogen-bond donors (Lipinski definition) is 2. The van der Waals surface area contributed by atoms with Crippen molar-refractivity contribution in [2.45, 2.75) is 6.42 Å². The molecule has 2 aromatic rings. The Bertz CT molecular complexity index is 912. The molecule has 0 saturated carbocycles. The molecule has 7 nitrogen and oxygen atoms in total. The normalized spacial score (nSPS) is 14.1. The van der Waals surface area contributed by atoms with Gasteiger partial charge in [-0.15, -0.1) is 0 Å². The lowest BCUT2D eigenvalue weighted by atomic mass is 10.1. The lowest BCUT2D eigenvalue weighted by molar-refractivity contribution is -0.119. The van der Waals surface area contributed by atoms with E-state index in [1.54, 1.807) is 12.1 Å². The number of nitrogens with zero attached hydrogens (tertiary/aromatic N) is 2. The maximum atomic E-state index is 12.3. The van der Waals surface area contributed by atoms with E-state index in [2.05, 4.69) is 27.5 Å². The highest BCUT2D eigenvalue weighted by Gasteiger charge is 2.19. The van der Waals surface area contributed by atoms with Crippen molar-refractivity contribution in [2.75, 3.05) is 50.6 Å². The van der Waals surface area contributed by atoms with Crippen molar-refractivity contribution in [3.8, 4) is 0 Å². The van der Waals surface area contributed by atoms with E-state index in [-0.39, 0.29) is 17.4 Å². The van der Waals surface area contributed by atoms with Gasteiger partial charge in [0.05, 0.1) is 30.5 Å². The number of esters is 1. The Balaban J connectivity index is 1.73. The first-order chi connectivity index (χ1) is 14.5. The highest BCUT2D eigenvalue weighted by atomic mass is 32.1. The number of benzene rings is 2. The van der Waals surface area contributed by atoms with Crippen LogP contribution in [0.5, 0.6) is 0 Å². The molecule has 1 saturated heterocycles. The van der Waals surface area contributed by atoms with E-state index in [9.17, 15) is 9.59 Å². The Morgan fingerprint density at radius 1 is 1.07 bits per heavy atom. The molecule has 158 valence electrons. The number of hydrogen-bond acceptors (Lipinski definition) is 6. The average molecular weight is 427 g/mol. The van der Waals surface area contributed by atoms with Gasteiger partial charge in [0, 0.05) is 26.2 Å². The van der Waals surface area contributed by atoms with Crippen molar-refractivity contribution in [3.05, 3.63) is 59.7 Å². The average Bonchev–Trinajstić information content (AvgIpc) is 2.74. The molecule has 3 rings (SSSR count). The molecular weight excluding hydrogens is 400 g/mol. The summed E-state index contributed by atoms with van der Waals surface area (Å²) < 4.78 is 4.84. The molecule has 30 heavy (non-hydrogen) atoms. The SMILES string of the molecule is COC(=O)c1ccc(N2CCN(C)CC2)c(NC(=S)NC(=O)Cc2ccccc2)c1. The molecule has 0 aliphatic carbocycles. The van der Waals surface area contributed by atoms with Gasteiger partial charge in [0.25, 0.3) is 0 Å². The van der Waals surface area contributed by atoms with Crippen LogP contribution in [0.2, 0.25) is 0 Å². The van der Waals surface area contributed by atoms with Crippen LogP contribution in [0.15, 0.2) is 48.5 Å². The Kier molecular flexibility index (Phi) is 7.37. The minimum Gasteiger partial charge on any atom is -0.465 e. The summed E-state index contributed by atoms with van der Waals surface area (Å²) in [6.45, 7) is 3.60. The van der Waals surface area contributed by atoms with E-state index in [4.69, 9.17) is 17.0 Å². The van der Waals surface area contributed by atoms with Crippen LogP contribution >= 0.6 is 12.2 Å². The molecule has 1 fully saturated rings. The van der Waals surface area contributed by atoms with Gasteiger partial charge in [-0.2, -0.15) is 0 Å². The molecule has 1 amide bonds. The predicted octanol–water partition coefficient (Wildman–Crippen LogP) is 2.28. The van der Waals surface area contributed by atoms with Crippen molar-refractivity contribution >= 4 is 40.6 Å². The van der Waals surface area contributed by atoms with Gasteiger partial charge in [-0.3, -0.25) is 4.79 Å². The number of methoxy groups -OCH3 is 1. The van der Waals surface area contributed by atoms with Crippen LogP contribution in [-0.2, 0) is 16.0 Å². The Hall–Kier alpha value is -2.97. The van der Waals surface area contributed by atoms with E-state index < -0.39 is 5.97 Å². The zero-order valence-corrected chi connectivity index (χ0v) is 18.0. The van der Waals surface area contributed by atoms with E-state index in [0.717, 1.165) is 37.4 Å². The largest absolute Gasteiger partial charge is 0.465 e. The van der Waals surface area contributed by atoms with Crippen LogP contribution in [0.3, 0.4) is 0 Å². The van der Waals surface area contributed by atoms with Gasteiger partial charge in [-0.1, -0.05) is 30.3 Å². The third-order valence-corrected chi connectivity index (χ3v) is 5.17. The second-order valence-electron chi connectivity index (χ2n) is 7.18. The molecule has 2 aromatic carbocycles. The lowest BCUT2D eigenvalue weighted by Crippen LogP contribution is -2.45. The summed E-state index contributed by atoms with van der Waals surface area (Å²) in [4.78, 5) is 28.8. The summed E-state index contributed by atoms with van der Waals surface area (Å²) in [5.41, 5.74) is 2.91. The van der Waals surface area contributed by atoms with Crippen molar-refractivity contribution in [1.29, 1.82) is 0 Å². The van der Waals surface area contributed by atoms with E-state index in [1.807, 2.05) is 36.4 Å². The fraction of sp³-hybridized carbons (Fsp3) is 0.318. The molecule has 1 aliphatic rings. The molecule has 0 radical (unpaired) electrons. The molecule has 0 spiro atoms. The van der Waals surface area contributed by atoms with Gasteiger partial charge in [0.15, 0.2) is 5.11 Å². The Morgan fingerprint density at radius 2 is 1.77 bits per heavy atom. The molecular formula is C22H26N4O3S. The highest BCUT2D eigenvalue weighted by molar-refractivity contribution is 7.80. The number of thiocarbonyl (C=S) groups is 1. The van der Waals surface area contributed by atoms with Gasteiger partial charge in [-0.05, 0) is 43.0 Å². The molecule has 2 N–H and O–H groups in total. The molecule has 8 heteroatoms. The number of ether oxygens (including phenoxy) is 1. The minimum atomic E-state index is -0.429. The van der Waals surface area contributed by atoms with E-state index in [1.165, 1.54) is 7.11 Å². The maximum absolute atomic E-state index is 12.3. The number of amides is 1. The quantitative estimate of drug-likeness (QED) is 0.561. The highest BCUT2D eigenvalue weighted by Crippen LogP contribution is 2.28. The zero-order valence-electron chi connectivity index (χ0n) is 17.2. The van der Waals surface area contributed by atoms with Crippen LogP contribution in [0.4, 0.5) is 11.4 Å². The van der Waals surface area contributed by atoms with Crippen LogP contribution in [0.1, 0.15) is 15.9 Å². The standard InChI is InChI=1S/C22H26N4O3S/c1-25-10-12-26(13-11-25)19-9-8-17(21(28)29-2)15-18(19)23-22(30)24-20(27)14-16-6-4-3-5-7-16/h3-9,15H,10-14H2,1-2H3,(H2,23,24,27,30). The Labute approximate surface area is 182 Å². The maximum Gasteiger partial charge on any atom is 0.337 e. The van der Waals surface area contributed by atoms with Crippen LogP contribution in [-0.4, -0.2) is 62.2 Å². The summed E-state index contributed by atoms with van der Waals surface area (Å²) in [6.07, 6.45) is 0.232. The van der Waals surface area contributed by atoms with E-state index >= 15 is 0 Å². The third kappa shape index (κ3) is 5.77. The summed E-state index contributed by atoms with van der Waals surface area (Å²) in [6, 6.07) is 14.8. The van der Waals surface area contributed by atoms with Crippen LogP contribution in [0.25, 0.3) is 0 Å². The van der Waals surface area contributed by atoms with Crippen molar-refractivity contribution < 1.29 is 14.3 Å². The molecule has 0 bridgehead atoms. The predicted molar refractivity (Wildman–Crippen MR) is 122 cm³/mol. The summed E-state index contributed by atoms with van der Waals surface area (Å²) in [7, 11) is 3.44. The number of likely N-dealkylation sites (N-methyl/N-ethyl adjacent to an activating group) is 1. The number of rotatable bonds is 5. The Morgan fingerprint density at radius 3 is 2.43 bits per heavy atom.